The Kier molecular flexibility index (Phi) is 7.98. The maximum absolute atomic E-state index is 13.2. The number of aromatic nitrogens is 5. The minimum atomic E-state index is -0.453. The zero-order valence-electron chi connectivity index (χ0n) is 24.0. The minimum Gasteiger partial charge on any atom is -0.465 e. The van der Waals surface area contributed by atoms with Crippen LogP contribution < -0.4 is 16.4 Å². The predicted octanol–water partition coefficient (Wildman–Crippen LogP) is 4.15. The van der Waals surface area contributed by atoms with E-state index in [4.69, 9.17) is 20.6 Å². The number of hydrogen-bond acceptors (Lipinski definition) is 10. The van der Waals surface area contributed by atoms with Gasteiger partial charge < -0.3 is 21.1 Å². The SMILES string of the molecule is COC(=O)c1ccc(CNC(=O)c2cc(C)cc(-c3nc([C@H](C)Nc4ncnc(N)c4C#N)nn4ccc(C)c34)c2)cc1. The van der Waals surface area contributed by atoms with E-state index in [1.54, 1.807) is 34.8 Å². The summed E-state index contributed by atoms with van der Waals surface area (Å²) in [5.74, 6) is 0.140. The molecule has 2 aromatic carbocycles. The summed E-state index contributed by atoms with van der Waals surface area (Å²) in [5.41, 5.74) is 11.8. The van der Waals surface area contributed by atoms with Crippen LogP contribution in [0, 0.1) is 25.2 Å². The number of hydrogen-bond donors (Lipinski definition) is 3. The van der Waals surface area contributed by atoms with Crippen molar-refractivity contribution in [1.82, 2.24) is 29.9 Å². The lowest BCUT2D eigenvalue weighted by Crippen LogP contribution is -2.23. The molecule has 4 N–H and O–H groups in total. The van der Waals surface area contributed by atoms with Gasteiger partial charge in [0.25, 0.3) is 5.91 Å². The molecule has 0 aliphatic carbocycles. The Hall–Kier alpha value is -5.83. The number of nitriles is 1. The van der Waals surface area contributed by atoms with Crippen LogP contribution in [0.2, 0.25) is 0 Å². The highest BCUT2D eigenvalue weighted by atomic mass is 16.5. The maximum Gasteiger partial charge on any atom is 0.337 e. The Labute approximate surface area is 247 Å². The van der Waals surface area contributed by atoms with Gasteiger partial charge in [-0.25, -0.2) is 24.3 Å². The zero-order valence-corrected chi connectivity index (χ0v) is 24.0. The lowest BCUT2D eigenvalue weighted by atomic mass is 10.0. The highest BCUT2D eigenvalue weighted by Gasteiger charge is 2.20. The second-order valence-corrected chi connectivity index (χ2v) is 10.0. The van der Waals surface area contributed by atoms with Crippen LogP contribution in [0.15, 0.2) is 61.1 Å². The molecular weight excluding hydrogens is 546 g/mol. The van der Waals surface area contributed by atoms with E-state index in [2.05, 4.69) is 20.6 Å². The molecule has 0 aliphatic rings. The van der Waals surface area contributed by atoms with E-state index >= 15 is 0 Å². The number of carbonyl (C=O) groups is 2. The topological polar surface area (TPSA) is 173 Å². The fraction of sp³-hybridized carbons (Fsp3) is 0.194. The van der Waals surface area contributed by atoms with Gasteiger partial charge in [0.05, 0.1) is 29.9 Å². The summed E-state index contributed by atoms with van der Waals surface area (Å²) in [6.45, 7) is 6.03. The molecule has 0 aliphatic heterocycles. The van der Waals surface area contributed by atoms with Gasteiger partial charge in [0.15, 0.2) is 5.82 Å². The number of nitrogens with zero attached hydrogens (tertiary/aromatic N) is 6. The Balaban J connectivity index is 1.45. The van der Waals surface area contributed by atoms with Crippen LogP contribution in [0.4, 0.5) is 11.6 Å². The summed E-state index contributed by atoms with van der Waals surface area (Å²) in [4.78, 5) is 37.9. The number of anilines is 2. The van der Waals surface area contributed by atoms with E-state index in [0.717, 1.165) is 27.8 Å². The van der Waals surface area contributed by atoms with Crippen molar-refractivity contribution in [2.45, 2.75) is 33.4 Å². The smallest absolute Gasteiger partial charge is 0.337 e. The second-order valence-electron chi connectivity index (χ2n) is 10.0. The van der Waals surface area contributed by atoms with E-state index in [1.165, 1.54) is 13.4 Å². The third-order valence-corrected chi connectivity index (χ3v) is 6.90. The van der Waals surface area contributed by atoms with Gasteiger partial charge >= 0.3 is 5.97 Å². The van der Waals surface area contributed by atoms with E-state index in [9.17, 15) is 14.9 Å². The number of methoxy groups -OCH3 is 1. The molecule has 12 nitrogen and oxygen atoms in total. The number of nitrogen functional groups attached to an aromatic ring is 1. The van der Waals surface area contributed by atoms with Gasteiger partial charge in [-0.15, -0.1) is 0 Å². The lowest BCUT2D eigenvalue weighted by Gasteiger charge is -2.17. The Morgan fingerprint density at radius 3 is 2.58 bits per heavy atom. The van der Waals surface area contributed by atoms with Gasteiger partial charge in [-0.1, -0.05) is 12.1 Å². The van der Waals surface area contributed by atoms with Gasteiger partial charge in [0.2, 0.25) is 0 Å². The number of rotatable bonds is 8. The number of esters is 1. The van der Waals surface area contributed by atoms with E-state index in [-0.39, 0.29) is 29.7 Å². The first kappa shape index (κ1) is 28.7. The van der Waals surface area contributed by atoms with E-state index in [0.29, 0.717) is 22.6 Å². The first-order chi connectivity index (χ1) is 20.7. The van der Waals surface area contributed by atoms with Crippen LogP contribution in [-0.2, 0) is 11.3 Å². The third-order valence-electron chi connectivity index (χ3n) is 6.90. The van der Waals surface area contributed by atoms with E-state index in [1.807, 2.05) is 51.2 Å². The second kappa shape index (κ2) is 12.0. The standard InChI is InChI=1S/C31H29N9O3/c1-17-11-22(13-23(12-17)30(41)34-15-20-5-7-21(8-6-20)31(42)43-4)25-26-18(2)9-10-40(26)39-28(38-25)19(3)37-29-24(14-32)27(33)35-16-36-29/h5-13,16,19H,15H2,1-4H3,(H,34,41)(H3,33,35,36,37)/t19-/m0/s1. The van der Waals surface area contributed by atoms with Crippen LogP contribution in [0.25, 0.3) is 16.8 Å². The van der Waals surface area contributed by atoms with Crippen LogP contribution in [0.3, 0.4) is 0 Å². The van der Waals surface area contributed by atoms with Gasteiger partial charge in [-0.3, -0.25) is 4.79 Å². The van der Waals surface area contributed by atoms with Gasteiger partial charge in [-0.05, 0) is 73.9 Å². The molecule has 43 heavy (non-hydrogen) atoms. The van der Waals surface area contributed by atoms with Crippen molar-refractivity contribution in [2.24, 2.45) is 0 Å². The van der Waals surface area contributed by atoms with Gasteiger partial charge in [0, 0.05) is 23.9 Å². The highest BCUT2D eigenvalue weighted by Crippen LogP contribution is 2.29. The molecule has 0 radical (unpaired) electrons. The molecule has 3 aromatic heterocycles. The van der Waals surface area contributed by atoms with Crippen molar-refractivity contribution in [3.8, 4) is 17.3 Å². The number of fused-ring (bicyclic) bond motifs is 1. The number of amides is 1. The fourth-order valence-corrected chi connectivity index (χ4v) is 4.68. The average Bonchev–Trinajstić information content (AvgIpc) is 3.39. The van der Waals surface area contributed by atoms with Crippen molar-refractivity contribution in [3.05, 3.63) is 100 Å². The van der Waals surface area contributed by atoms with Crippen molar-refractivity contribution < 1.29 is 14.3 Å². The largest absolute Gasteiger partial charge is 0.465 e. The fourth-order valence-electron chi connectivity index (χ4n) is 4.68. The minimum absolute atomic E-state index is 0.0778. The number of ether oxygens (including phenoxy) is 1. The molecule has 0 spiro atoms. The number of aryl methyl sites for hydroxylation is 2. The first-order valence-electron chi connectivity index (χ1n) is 13.4. The van der Waals surface area contributed by atoms with Crippen LogP contribution >= 0.6 is 0 Å². The molecule has 5 aromatic rings. The number of nitrogens with one attached hydrogen (secondary N) is 2. The lowest BCUT2D eigenvalue weighted by molar-refractivity contribution is 0.0600. The molecule has 0 bridgehead atoms. The molecule has 5 rings (SSSR count). The number of nitrogens with two attached hydrogens (primary N) is 1. The monoisotopic (exact) mass is 575 g/mol. The average molecular weight is 576 g/mol. The van der Waals surface area contributed by atoms with Crippen molar-refractivity contribution in [2.75, 3.05) is 18.2 Å². The molecule has 0 saturated carbocycles. The van der Waals surface area contributed by atoms with Crippen LogP contribution in [0.5, 0.6) is 0 Å². The quantitative estimate of drug-likeness (QED) is 0.228. The predicted molar refractivity (Wildman–Crippen MR) is 160 cm³/mol. The first-order valence-corrected chi connectivity index (χ1v) is 13.4. The Morgan fingerprint density at radius 1 is 1.09 bits per heavy atom. The Bertz CT molecular complexity index is 1890. The van der Waals surface area contributed by atoms with Crippen LogP contribution in [-0.4, -0.2) is 43.6 Å². The molecule has 0 fully saturated rings. The van der Waals surface area contributed by atoms with Crippen molar-refractivity contribution in [1.29, 1.82) is 5.26 Å². The summed E-state index contributed by atoms with van der Waals surface area (Å²) in [6, 6.07) is 16.0. The van der Waals surface area contributed by atoms with Crippen molar-refractivity contribution in [3.63, 3.8) is 0 Å². The molecule has 3 heterocycles. The maximum atomic E-state index is 13.2. The summed E-state index contributed by atoms with van der Waals surface area (Å²) >= 11 is 0. The third kappa shape index (κ3) is 5.96. The summed E-state index contributed by atoms with van der Waals surface area (Å²) in [5, 5.41) is 20.3. The molecular formula is C31H29N9O3. The summed E-state index contributed by atoms with van der Waals surface area (Å²) in [6.07, 6.45) is 3.14. The molecule has 0 saturated heterocycles. The normalized spacial score (nSPS) is 11.5. The number of carbonyl (C=O) groups excluding carboxylic acids is 2. The number of benzene rings is 2. The molecule has 12 heteroatoms. The molecule has 0 unspecified atom stereocenters. The van der Waals surface area contributed by atoms with Gasteiger partial charge in [0.1, 0.15) is 29.6 Å². The summed E-state index contributed by atoms with van der Waals surface area (Å²) in [7, 11) is 1.33. The van der Waals surface area contributed by atoms with Gasteiger partial charge in [-0.2, -0.15) is 10.4 Å². The summed E-state index contributed by atoms with van der Waals surface area (Å²) < 4.78 is 6.49. The molecule has 1 atom stereocenters. The van der Waals surface area contributed by atoms with Crippen molar-refractivity contribution >= 4 is 29.0 Å². The zero-order chi connectivity index (χ0) is 30.7. The van der Waals surface area contributed by atoms with Crippen LogP contribution in [0.1, 0.15) is 61.8 Å². The Morgan fingerprint density at radius 2 is 1.86 bits per heavy atom. The molecule has 216 valence electrons. The van der Waals surface area contributed by atoms with E-state index < -0.39 is 12.0 Å². The highest BCUT2D eigenvalue weighted by molar-refractivity contribution is 5.96. The molecule has 1 amide bonds.